The molecule has 0 bridgehead atoms. The van der Waals surface area contributed by atoms with E-state index in [0.29, 0.717) is 36.9 Å². The molecule has 0 radical (unpaired) electrons. The molecular weight excluding hydrogens is 364 g/mol. The van der Waals surface area contributed by atoms with Crippen molar-refractivity contribution in [1.29, 1.82) is 5.26 Å². The molecule has 2 aromatic carbocycles. The first kappa shape index (κ1) is 19.5. The van der Waals surface area contributed by atoms with Crippen LogP contribution in [-0.4, -0.2) is 11.8 Å². The normalized spacial score (nSPS) is 18.8. The Hall–Kier alpha value is -3.27. The Labute approximate surface area is 161 Å². The predicted molar refractivity (Wildman–Crippen MR) is 100 cm³/mol. The van der Waals surface area contributed by atoms with Crippen LogP contribution >= 0.6 is 0 Å². The number of hydrogen-bond donors (Lipinski definition) is 2. The Morgan fingerprint density at radius 2 is 1.50 bits per heavy atom. The summed E-state index contributed by atoms with van der Waals surface area (Å²) in [5, 5.41) is 14.5. The lowest BCUT2D eigenvalue weighted by Gasteiger charge is -2.27. The lowest BCUT2D eigenvalue weighted by atomic mass is 9.81. The van der Waals surface area contributed by atoms with Crippen LogP contribution in [0.15, 0.2) is 42.5 Å². The summed E-state index contributed by atoms with van der Waals surface area (Å²) in [6, 6.07) is 12.0. The van der Waals surface area contributed by atoms with Gasteiger partial charge in [-0.05, 0) is 49.9 Å². The molecule has 2 N–H and O–H groups in total. The van der Waals surface area contributed by atoms with Crippen molar-refractivity contribution in [2.24, 2.45) is 11.8 Å². The minimum absolute atomic E-state index is 0.165. The van der Waals surface area contributed by atoms with Gasteiger partial charge in [-0.3, -0.25) is 9.59 Å². The van der Waals surface area contributed by atoms with Gasteiger partial charge in [-0.15, -0.1) is 0 Å². The fraction of sp³-hybridized carbons (Fsp3) is 0.286. The molecule has 144 valence electrons. The van der Waals surface area contributed by atoms with E-state index in [1.54, 1.807) is 24.3 Å². The Morgan fingerprint density at radius 3 is 2.11 bits per heavy atom. The Bertz CT molecular complexity index is 931. The SMILES string of the molecule is N#Cc1ccccc1NC(=O)C1CCC(C(=O)Nc2ccc(F)c(F)c2)CC1. The smallest absolute Gasteiger partial charge is 0.227 e. The number of carbonyl (C=O) groups excluding carboxylic acids is 2. The topological polar surface area (TPSA) is 82.0 Å². The molecule has 7 heteroatoms. The van der Waals surface area contributed by atoms with Crippen molar-refractivity contribution in [3.05, 3.63) is 59.7 Å². The molecule has 0 spiro atoms. The van der Waals surface area contributed by atoms with Crippen molar-refractivity contribution in [1.82, 2.24) is 0 Å². The van der Waals surface area contributed by atoms with Crippen LogP contribution in [0.1, 0.15) is 31.2 Å². The summed E-state index contributed by atoms with van der Waals surface area (Å²) in [7, 11) is 0. The Morgan fingerprint density at radius 1 is 0.893 bits per heavy atom. The molecule has 2 aromatic rings. The third-order valence-electron chi connectivity index (χ3n) is 4.96. The highest BCUT2D eigenvalue weighted by atomic mass is 19.2. The van der Waals surface area contributed by atoms with Crippen molar-refractivity contribution in [3.8, 4) is 6.07 Å². The third-order valence-corrected chi connectivity index (χ3v) is 4.96. The van der Waals surface area contributed by atoms with Gasteiger partial charge in [-0.25, -0.2) is 8.78 Å². The zero-order valence-electron chi connectivity index (χ0n) is 15.0. The zero-order chi connectivity index (χ0) is 20.1. The molecule has 0 heterocycles. The first-order chi connectivity index (χ1) is 13.5. The van der Waals surface area contributed by atoms with E-state index in [4.69, 9.17) is 5.26 Å². The van der Waals surface area contributed by atoms with Crippen molar-refractivity contribution in [2.75, 3.05) is 10.6 Å². The number of benzene rings is 2. The van der Waals surface area contributed by atoms with Gasteiger partial charge in [-0.1, -0.05) is 12.1 Å². The number of hydrogen-bond acceptors (Lipinski definition) is 3. The second-order valence-corrected chi connectivity index (χ2v) is 6.81. The molecule has 3 rings (SSSR count). The number of amides is 2. The molecule has 1 saturated carbocycles. The van der Waals surface area contributed by atoms with E-state index in [1.807, 2.05) is 6.07 Å². The Balaban J connectivity index is 1.53. The number of nitrogens with zero attached hydrogens (tertiary/aromatic N) is 1. The van der Waals surface area contributed by atoms with Gasteiger partial charge < -0.3 is 10.6 Å². The van der Waals surface area contributed by atoms with Gasteiger partial charge >= 0.3 is 0 Å². The standard InChI is InChI=1S/C21H19F2N3O2/c22-17-10-9-16(11-18(17)23)25-20(27)13-5-7-14(8-6-13)21(28)26-19-4-2-1-3-15(19)12-24/h1-4,9-11,13-14H,5-8H2,(H,25,27)(H,26,28). The fourth-order valence-electron chi connectivity index (χ4n) is 3.36. The van der Waals surface area contributed by atoms with Crippen LogP contribution in [0.4, 0.5) is 20.2 Å². The van der Waals surface area contributed by atoms with E-state index in [2.05, 4.69) is 10.6 Å². The van der Waals surface area contributed by atoms with Crippen LogP contribution in [0.5, 0.6) is 0 Å². The minimum Gasteiger partial charge on any atom is -0.326 e. The maximum absolute atomic E-state index is 13.3. The molecule has 2 amide bonds. The summed E-state index contributed by atoms with van der Waals surface area (Å²) in [6.07, 6.45) is 2.12. The number of rotatable bonds is 4. The molecule has 5 nitrogen and oxygen atoms in total. The van der Waals surface area contributed by atoms with E-state index in [0.717, 1.165) is 12.1 Å². The van der Waals surface area contributed by atoms with Gasteiger partial charge in [0.15, 0.2) is 11.6 Å². The Kier molecular flexibility index (Phi) is 5.99. The van der Waals surface area contributed by atoms with E-state index in [-0.39, 0.29) is 29.3 Å². The highest BCUT2D eigenvalue weighted by molar-refractivity contribution is 5.95. The first-order valence-electron chi connectivity index (χ1n) is 9.04. The molecule has 0 aromatic heterocycles. The maximum atomic E-state index is 13.3. The fourth-order valence-corrected chi connectivity index (χ4v) is 3.36. The van der Waals surface area contributed by atoms with Crippen LogP contribution in [0.3, 0.4) is 0 Å². The predicted octanol–water partition coefficient (Wildman–Crippen LogP) is 4.22. The molecule has 0 saturated heterocycles. The van der Waals surface area contributed by atoms with Crippen molar-refractivity contribution in [3.63, 3.8) is 0 Å². The number of halogens is 2. The highest BCUT2D eigenvalue weighted by Crippen LogP contribution is 2.31. The zero-order valence-corrected chi connectivity index (χ0v) is 15.0. The molecule has 1 fully saturated rings. The molecule has 0 atom stereocenters. The summed E-state index contributed by atoms with van der Waals surface area (Å²) < 4.78 is 26.2. The summed E-state index contributed by atoms with van der Waals surface area (Å²) in [4.78, 5) is 24.8. The number of nitrogens with one attached hydrogen (secondary N) is 2. The molecule has 0 unspecified atom stereocenters. The number of carbonyl (C=O) groups is 2. The molecule has 1 aliphatic carbocycles. The van der Waals surface area contributed by atoms with Gasteiger partial charge in [0.05, 0.1) is 11.3 Å². The van der Waals surface area contributed by atoms with Crippen molar-refractivity contribution < 1.29 is 18.4 Å². The van der Waals surface area contributed by atoms with Crippen molar-refractivity contribution >= 4 is 23.2 Å². The minimum atomic E-state index is -1.02. The number of anilines is 2. The number of para-hydroxylation sites is 1. The van der Waals surface area contributed by atoms with E-state index < -0.39 is 11.6 Å². The van der Waals surface area contributed by atoms with Crippen LogP contribution < -0.4 is 10.6 Å². The highest BCUT2D eigenvalue weighted by Gasteiger charge is 2.30. The first-order valence-corrected chi connectivity index (χ1v) is 9.04. The molecule has 0 aliphatic heterocycles. The maximum Gasteiger partial charge on any atom is 0.227 e. The van der Waals surface area contributed by atoms with E-state index in [9.17, 15) is 18.4 Å². The van der Waals surface area contributed by atoms with E-state index in [1.165, 1.54) is 6.07 Å². The van der Waals surface area contributed by atoms with Gasteiger partial charge in [0.25, 0.3) is 0 Å². The molecule has 28 heavy (non-hydrogen) atoms. The molecule has 1 aliphatic rings. The lowest BCUT2D eigenvalue weighted by molar-refractivity contribution is -0.125. The quantitative estimate of drug-likeness (QED) is 0.829. The summed E-state index contributed by atoms with van der Waals surface area (Å²) in [5.74, 6) is -2.94. The van der Waals surface area contributed by atoms with Crippen LogP contribution in [0, 0.1) is 34.8 Å². The van der Waals surface area contributed by atoms with Crippen LogP contribution in [0.25, 0.3) is 0 Å². The molecular formula is C21H19F2N3O2. The third kappa shape index (κ3) is 4.52. The van der Waals surface area contributed by atoms with Crippen molar-refractivity contribution in [2.45, 2.75) is 25.7 Å². The van der Waals surface area contributed by atoms with Gasteiger partial charge in [0, 0.05) is 23.6 Å². The number of nitriles is 1. The van der Waals surface area contributed by atoms with Gasteiger partial charge in [0.1, 0.15) is 6.07 Å². The monoisotopic (exact) mass is 383 g/mol. The second kappa shape index (κ2) is 8.61. The van der Waals surface area contributed by atoms with Crippen LogP contribution in [0.2, 0.25) is 0 Å². The van der Waals surface area contributed by atoms with Gasteiger partial charge in [-0.2, -0.15) is 5.26 Å². The van der Waals surface area contributed by atoms with Gasteiger partial charge in [0.2, 0.25) is 11.8 Å². The summed E-state index contributed by atoms with van der Waals surface area (Å²) >= 11 is 0. The summed E-state index contributed by atoms with van der Waals surface area (Å²) in [6.45, 7) is 0. The lowest BCUT2D eigenvalue weighted by Crippen LogP contribution is -2.32. The van der Waals surface area contributed by atoms with Crippen LogP contribution in [-0.2, 0) is 9.59 Å². The van der Waals surface area contributed by atoms with E-state index >= 15 is 0 Å². The summed E-state index contributed by atoms with van der Waals surface area (Å²) in [5.41, 5.74) is 1.08. The largest absolute Gasteiger partial charge is 0.326 e. The average molecular weight is 383 g/mol. The second-order valence-electron chi connectivity index (χ2n) is 6.81. The average Bonchev–Trinajstić information content (AvgIpc) is 2.71.